The molecule has 0 bridgehead atoms. The van der Waals surface area contributed by atoms with E-state index >= 15 is 0 Å². The SMILES string of the molecule is C=CCC(O)(CC=C)CNC(=O)c1nn(C)cc1Cl. The van der Waals surface area contributed by atoms with Gasteiger partial charge < -0.3 is 10.4 Å². The second kappa shape index (κ2) is 6.54. The van der Waals surface area contributed by atoms with E-state index in [1.165, 1.54) is 10.9 Å². The van der Waals surface area contributed by atoms with Gasteiger partial charge in [-0.2, -0.15) is 5.10 Å². The van der Waals surface area contributed by atoms with E-state index in [9.17, 15) is 9.90 Å². The summed E-state index contributed by atoms with van der Waals surface area (Å²) in [5.74, 6) is -0.419. The third-order valence-electron chi connectivity index (χ3n) is 2.63. The fourth-order valence-corrected chi connectivity index (χ4v) is 1.97. The zero-order valence-corrected chi connectivity index (χ0v) is 11.7. The third-order valence-corrected chi connectivity index (χ3v) is 2.90. The Bertz CT molecular complexity index is 472. The van der Waals surface area contributed by atoms with Gasteiger partial charge in [-0.15, -0.1) is 13.2 Å². The Labute approximate surface area is 117 Å². The quantitative estimate of drug-likeness (QED) is 0.748. The largest absolute Gasteiger partial charge is 0.387 e. The average Bonchev–Trinajstić information content (AvgIpc) is 2.66. The molecule has 0 saturated heterocycles. The van der Waals surface area contributed by atoms with Crippen molar-refractivity contribution in [3.05, 3.63) is 42.2 Å². The Morgan fingerprint density at radius 3 is 2.58 bits per heavy atom. The Kier molecular flexibility index (Phi) is 5.32. The number of nitrogens with zero attached hydrogens (tertiary/aromatic N) is 2. The lowest BCUT2D eigenvalue weighted by molar-refractivity contribution is 0.0436. The number of halogens is 1. The number of amides is 1. The van der Waals surface area contributed by atoms with Crippen molar-refractivity contribution in [2.24, 2.45) is 7.05 Å². The van der Waals surface area contributed by atoms with Crippen molar-refractivity contribution in [3.8, 4) is 0 Å². The van der Waals surface area contributed by atoms with Crippen molar-refractivity contribution in [2.75, 3.05) is 6.54 Å². The van der Waals surface area contributed by atoms with Crippen LogP contribution in [-0.2, 0) is 7.05 Å². The van der Waals surface area contributed by atoms with Crippen LogP contribution in [0.25, 0.3) is 0 Å². The standard InChI is InChI=1S/C13H18ClN3O2/c1-4-6-13(19,7-5-2)9-15-12(18)11-10(14)8-17(3)16-11/h4-5,8,19H,1-2,6-7,9H2,3H3,(H,15,18). The minimum absolute atomic E-state index is 0.0801. The van der Waals surface area contributed by atoms with Crippen molar-refractivity contribution in [1.29, 1.82) is 0 Å². The first-order chi connectivity index (χ1) is 8.91. The molecule has 1 aromatic heterocycles. The zero-order chi connectivity index (χ0) is 14.5. The molecule has 6 heteroatoms. The molecule has 1 aromatic rings. The molecule has 0 atom stereocenters. The fourth-order valence-electron chi connectivity index (χ4n) is 1.71. The van der Waals surface area contributed by atoms with Gasteiger partial charge in [-0.3, -0.25) is 9.48 Å². The summed E-state index contributed by atoms with van der Waals surface area (Å²) in [5, 5.41) is 17.1. The van der Waals surface area contributed by atoms with Crippen LogP contribution >= 0.6 is 11.6 Å². The van der Waals surface area contributed by atoms with Crippen molar-refractivity contribution in [2.45, 2.75) is 18.4 Å². The van der Waals surface area contributed by atoms with E-state index in [0.717, 1.165) is 0 Å². The van der Waals surface area contributed by atoms with Crippen LogP contribution < -0.4 is 5.32 Å². The van der Waals surface area contributed by atoms with Gasteiger partial charge in [0.05, 0.1) is 10.6 Å². The van der Waals surface area contributed by atoms with Crippen LogP contribution in [0.1, 0.15) is 23.3 Å². The highest BCUT2D eigenvalue weighted by molar-refractivity contribution is 6.33. The van der Waals surface area contributed by atoms with Crippen LogP contribution in [0.3, 0.4) is 0 Å². The van der Waals surface area contributed by atoms with Crippen LogP contribution in [0.5, 0.6) is 0 Å². The van der Waals surface area contributed by atoms with E-state index < -0.39 is 11.5 Å². The van der Waals surface area contributed by atoms with E-state index in [0.29, 0.717) is 12.8 Å². The van der Waals surface area contributed by atoms with Crippen LogP contribution in [0.15, 0.2) is 31.5 Å². The zero-order valence-electron chi connectivity index (χ0n) is 10.9. The maximum atomic E-state index is 11.9. The van der Waals surface area contributed by atoms with E-state index in [1.54, 1.807) is 19.2 Å². The molecule has 5 nitrogen and oxygen atoms in total. The summed E-state index contributed by atoms with van der Waals surface area (Å²) in [6, 6.07) is 0. The Hall–Kier alpha value is -1.59. The van der Waals surface area contributed by atoms with Crippen molar-refractivity contribution in [3.63, 3.8) is 0 Å². The highest BCUT2D eigenvalue weighted by Crippen LogP contribution is 2.17. The van der Waals surface area contributed by atoms with E-state index in [4.69, 9.17) is 11.6 Å². The normalized spacial score (nSPS) is 11.1. The lowest BCUT2D eigenvalue weighted by Gasteiger charge is -2.25. The van der Waals surface area contributed by atoms with E-state index in [2.05, 4.69) is 23.6 Å². The molecule has 0 aliphatic rings. The number of nitrogens with one attached hydrogen (secondary N) is 1. The summed E-state index contributed by atoms with van der Waals surface area (Å²) in [5.41, 5.74) is -0.941. The predicted molar refractivity (Wildman–Crippen MR) is 75.1 cm³/mol. The topological polar surface area (TPSA) is 67.2 Å². The Balaban J connectivity index is 2.69. The number of hydrogen-bond donors (Lipinski definition) is 2. The van der Waals surface area contributed by atoms with Gasteiger partial charge in [0.2, 0.25) is 0 Å². The van der Waals surface area contributed by atoms with Crippen molar-refractivity contribution in [1.82, 2.24) is 15.1 Å². The van der Waals surface area contributed by atoms with Crippen LogP contribution in [0, 0.1) is 0 Å². The van der Waals surface area contributed by atoms with Gasteiger partial charge in [-0.05, 0) is 12.8 Å². The van der Waals surface area contributed by atoms with E-state index in [-0.39, 0.29) is 17.3 Å². The highest BCUT2D eigenvalue weighted by Gasteiger charge is 2.25. The maximum Gasteiger partial charge on any atom is 0.273 e. The summed E-state index contributed by atoms with van der Waals surface area (Å²) in [4.78, 5) is 11.9. The van der Waals surface area contributed by atoms with Crippen molar-refractivity contribution < 1.29 is 9.90 Å². The Morgan fingerprint density at radius 1 is 1.58 bits per heavy atom. The van der Waals surface area contributed by atoms with Gasteiger partial charge in [-0.25, -0.2) is 0 Å². The molecule has 2 N–H and O–H groups in total. The molecule has 19 heavy (non-hydrogen) atoms. The predicted octanol–water partition coefficient (Wildman–Crippen LogP) is 1.69. The minimum atomic E-state index is -1.08. The van der Waals surface area contributed by atoms with Crippen LogP contribution in [-0.4, -0.2) is 32.9 Å². The van der Waals surface area contributed by atoms with Gasteiger partial charge >= 0.3 is 0 Å². The summed E-state index contributed by atoms with van der Waals surface area (Å²) in [7, 11) is 1.68. The average molecular weight is 284 g/mol. The summed E-state index contributed by atoms with van der Waals surface area (Å²) >= 11 is 5.87. The second-order valence-corrected chi connectivity index (χ2v) is 4.80. The molecule has 1 rings (SSSR count). The number of carbonyl (C=O) groups is 1. The second-order valence-electron chi connectivity index (χ2n) is 4.39. The highest BCUT2D eigenvalue weighted by atomic mass is 35.5. The van der Waals surface area contributed by atoms with Crippen LogP contribution in [0.2, 0.25) is 5.02 Å². The minimum Gasteiger partial charge on any atom is -0.387 e. The monoisotopic (exact) mass is 283 g/mol. The maximum absolute atomic E-state index is 11.9. The number of aromatic nitrogens is 2. The molecule has 104 valence electrons. The molecular formula is C13H18ClN3O2. The smallest absolute Gasteiger partial charge is 0.273 e. The lowest BCUT2D eigenvalue weighted by Crippen LogP contribution is -2.42. The summed E-state index contributed by atoms with van der Waals surface area (Å²) in [6.07, 6.45) is 5.45. The first-order valence-corrected chi connectivity index (χ1v) is 6.21. The van der Waals surface area contributed by atoms with Crippen LogP contribution in [0.4, 0.5) is 0 Å². The Morgan fingerprint density at radius 2 is 2.16 bits per heavy atom. The van der Waals surface area contributed by atoms with Crippen molar-refractivity contribution >= 4 is 17.5 Å². The fraction of sp³-hybridized carbons (Fsp3) is 0.385. The summed E-state index contributed by atoms with van der Waals surface area (Å²) < 4.78 is 1.46. The molecule has 0 radical (unpaired) electrons. The van der Waals surface area contributed by atoms with Gasteiger partial charge in [0.1, 0.15) is 0 Å². The van der Waals surface area contributed by atoms with Gasteiger partial charge in [0.15, 0.2) is 5.69 Å². The number of aliphatic hydroxyl groups is 1. The molecule has 0 spiro atoms. The number of aryl methyl sites for hydroxylation is 1. The first kappa shape index (κ1) is 15.5. The molecule has 0 aliphatic carbocycles. The number of hydrogen-bond acceptors (Lipinski definition) is 3. The lowest BCUT2D eigenvalue weighted by atomic mass is 9.95. The molecule has 0 saturated carbocycles. The molecule has 0 unspecified atom stereocenters. The molecule has 1 heterocycles. The molecular weight excluding hydrogens is 266 g/mol. The van der Waals surface area contributed by atoms with Gasteiger partial charge in [0, 0.05) is 19.8 Å². The third kappa shape index (κ3) is 4.22. The van der Waals surface area contributed by atoms with Gasteiger partial charge in [0.25, 0.3) is 5.91 Å². The summed E-state index contributed by atoms with van der Waals surface area (Å²) in [6.45, 7) is 7.25. The van der Waals surface area contributed by atoms with E-state index in [1.807, 2.05) is 0 Å². The molecule has 0 fully saturated rings. The molecule has 0 aromatic carbocycles. The first-order valence-electron chi connectivity index (χ1n) is 5.83. The number of rotatable bonds is 7. The number of carbonyl (C=O) groups excluding carboxylic acids is 1. The molecule has 0 aliphatic heterocycles. The molecule has 1 amide bonds. The van der Waals surface area contributed by atoms with Gasteiger partial charge in [-0.1, -0.05) is 23.8 Å².